The molecular formula is C16H18N6O6S. The normalized spacial score (nSPS) is 19.9. The van der Waals surface area contributed by atoms with Crippen LogP contribution in [0.5, 0.6) is 0 Å². The van der Waals surface area contributed by atoms with Crippen LogP contribution < -0.4 is 11.1 Å². The average Bonchev–Trinajstić information content (AvgIpc) is 3.22. The van der Waals surface area contributed by atoms with Crippen LogP contribution in [-0.2, 0) is 24.0 Å². The molecule has 0 bridgehead atoms. The van der Waals surface area contributed by atoms with E-state index in [1.165, 1.54) is 24.4 Å². The number of fused-ring (bicyclic) bond motifs is 1. The van der Waals surface area contributed by atoms with Gasteiger partial charge in [-0.05, 0) is 13.3 Å². The molecule has 1 fully saturated rings. The second-order valence-corrected chi connectivity index (χ2v) is 7.11. The number of hydrogen-bond donors (Lipinski definition) is 3. The number of oxime groups is 1. The molecule has 13 heteroatoms. The van der Waals surface area contributed by atoms with Gasteiger partial charge in [0.25, 0.3) is 11.8 Å². The van der Waals surface area contributed by atoms with Crippen molar-refractivity contribution in [2.75, 3.05) is 25.9 Å². The summed E-state index contributed by atoms with van der Waals surface area (Å²) >= 11 is 1.11. The summed E-state index contributed by atoms with van der Waals surface area (Å²) in [6.07, 6.45) is 0.190. The van der Waals surface area contributed by atoms with Gasteiger partial charge in [-0.2, -0.15) is 0 Å². The predicted molar refractivity (Wildman–Crippen MR) is 100 cm³/mol. The van der Waals surface area contributed by atoms with E-state index in [2.05, 4.69) is 20.3 Å². The molecular weight excluding hydrogens is 404 g/mol. The Morgan fingerprint density at radius 1 is 1.45 bits per heavy atom. The number of nitrogens with one attached hydrogen (secondary N) is 1. The molecule has 0 aromatic carbocycles. The zero-order valence-electron chi connectivity index (χ0n) is 15.5. The number of nitrogen functional groups attached to an aromatic ring is 1. The SMILES string of the molecule is CO/N=C(\C(=O)N[C@H]1CN2CCC(C(C)=O)=C(C(=O)O)N2C1=O)c1csc(N)n1. The summed E-state index contributed by atoms with van der Waals surface area (Å²) in [5.74, 6) is -3.20. The van der Waals surface area contributed by atoms with Crippen molar-refractivity contribution in [3.63, 3.8) is 0 Å². The number of hydrogen-bond acceptors (Lipinski definition) is 10. The Morgan fingerprint density at radius 3 is 2.72 bits per heavy atom. The molecule has 2 amide bonds. The predicted octanol–water partition coefficient (Wildman–Crippen LogP) is -1.05. The molecule has 154 valence electrons. The van der Waals surface area contributed by atoms with E-state index in [9.17, 15) is 24.3 Å². The minimum Gasteiger partial charge on any atom is -0.477 e. The van der Waals surface area contributed by atoms with E-state index in [1.54, 1.807) is 0 Å². The van der Waals surface area contributed by atoms with Crippen molar-refractivity contribution in [1.29, 1.82) is 0 Å². The lowest BCUT2D eigenvalue weighted by molar-refractivity contribution is -0.146. The number of amides is 2. The monoisotopic (exact) mass is 422 g/mol. The van der Waals surface area contributed by atoms with E-state index in [0.29, 0.717) is 0 Å². The summed E-state index contributed by atoms with van der Waals surface area (Å²) in [5.41, 5.74) is 5.27. The largest absolute Gasteiger partial charge is 0.477 e. The highest BCUT2D eigenvalue weighted by atomic mass is 32.1. The number of aromatic nitrogens is 1. The molecule has 4 N–H and O–H groups in total. The maximum Gasteiger partial charge on any atom is 0.354 e. The van der Waals surface area contributed by atoms with Crippen LogP contribution >= 0.6 is 11.3 Å². The van der Waals surface area contributed by atoms with Gasteiger partial charge in [-0.15, -0.1) is 11.3 Å². The zero-order chi connectivity index (χ0) is 21.3. The van der Waals surface area contributed by atoms with Crippen molar-refractivity contribution in [3.05, 3.63) is 22.3 Å². The molecule has 0 spiro atoms. The van der Waals surface area contributed by atoms with Crippen LogP contribution in [0.25, 0.3) is 0 Å². The molecule has 29 heavy (non-hydrogen) atoms. The zero-order valence-corrected chi connectivity index (χ0v) is 16.4. The summed E-state index contributed by atoms with van der Waals surface area (Å²) < 4.78 is 0. The quantitative estimate of drug-likeness (QED) is 0.383. The number of carbonyl (C=O) groups excluding carboxylic acids is 3. The standard InChI is InChI=1S/C16H18N6O6S/c1-7(23)8-3-4-21-5-9(14(25)22(21)12(8)15(26)27)18-13(24)11(20-28-2)10-6-29-16(17)19-10/h6,9H,3-5H2,1-2H3,(H2,17,19)(H,18,24)(H,26,27)/b20-11-/t9-/m0/s1. The third-order valence-corrected chi connectivity index (χ3v) is 5.07. The molecule has 3 rings (SSSR count). The van der Waals surface area contributed by atoms with E-state index in [4.69, 9.17) is 5.73 Å². The number of hydrazine groups is 1. The van der Waals surface area contributed by atoms with E-state index in [-0.39, 0.29) is 47.3 Å². The highest BCUT2D eigenvalue weighted by Gasteiger charge is 2.46. The Morgan fingerprint density at radius 2 is 2.17 bits per heavy atom. The first-order valence-electron chi connectivity index (χ1n) is 8.44. The topological polar surface area (TPSA) is 168 Å². The number of anilines is 1. The molecule has 12 nitrogen and oxygen atoms in total. The number of Topliss-reactive ketones (excluding diaryl/α,β-unsaturated/α-hetero) is 1. The van der Waals surface area contributed by atoms with Gasteiger partial charge in [-0.1, -0.05) is 5.16 Å². The van der Waals surface area contributed by atoms with Crippen molar-refractivity contribution >= 4 is 45.7 Å². The van der Waals surface area contributed by atoms with Gasteiger partial charge in [0.15, 0.2) is 22.3 Å². The molecule has 1 saturated heterocycles. The lowest BCUT2D eigenvalue weighted by atomic mass is 10.0. The average molecular weight is 422 g/mol. The van der Waals surface area contributed by atoms with Crippen molar-refractivity contribution in [1.82, 2.24) is 20.3 Å². The van der Waals surface area contributed by atoms with Crippen molar-refractivity contribution in [3.8, 4) is 0 Å². The third-order valence-electron chi connectivity index (χ3n) is 4.40. The maximum absolute atomic E-state index is 12.8. The van der Waals surface area contributed by atoms with Gasteiger partial charge < -0.3 is 21.0 Å². The van der Waals surface area contributed by atoms with Gasteiger partial charge in [0.1, 0.15) is 18.8 Å². The van der Waals surface area contributed by atoms with Crippen LogP contribution in [0.2, 0.25) is 0 Å². The van der Waals surface area contributed by atoms with Gasteiger partial charge in [0, 0.05) is 24.0 Å². The van der Waals surface area contributed by atoms with E-state index in [0.717, 1.165) is 16.3 Å². The summed E-state index contributed by atoms with van der Waals surface area (Å²) in [7, 11) is 1.25. The fourth-order valence-electron chi connectivity index (χ4n) is 3.18. The summed E-state index contributed by atoms with van der Waals surface area (Å²) in [6.45, 7) is 1.57. The first-order chi connectivity index (χ1) is 13.7. The van der Waals surface area contributed by atoms with Gasteiger partial charge in [0.2, 0.25) is 0 Å². The number of rotatable bonds is 6. The molecule has 2 aliphatic heterocycles. The van der Waals surface area contributed by atoms with E-state index in [1.807, 2.05) is 0 Å². The van der Waals surface area contributed by atoms with Crippen molar-refractivity contribution in [2.24, 2.45) is 5.16 Å². The second kappa shape index (κ2) is 7.97. The molecule has 2 aliphatic rings. The van der Waals surface area contributed by atoms with Crippen LogP contribution in [0, 0.1) is 0 Å². The highest BCUT2D eigenvalue weighted by Crippen LogP contribution is 2.29. The van der Waals surface area contributed by atoms with E-state index < -0.39 is 29.6 Å². The van der Waals surface area contributed by atoms with Gasteiger partial charge in [0.05, 0.1) is 0 Å². The summed E-state index contributed by atoms with van der Waals surface area (Å²) in [6, 6.07) is -1.04. The number of nitrogens with two attached hydrogens (primary N) is 1. The third kappa shape index (κ3) is 3.82. The maximum atomic E-state index is 12.8. The number of nitrogens with zero attached hydrogens (tertiary/aromatic N) is 4. The smallest absolute Gasteiger partial charge is 0.354 e. The number of aliphatic carboxylic acids is 1. The highest BCUT2D eigenvalue weighted by molar-refractivity contribution is 7.13. The minimum absolute atomic E-state index is 0.0476. The van der Waals surface area contributed by atoms with Crippen LogP contribution in [0.1, 0.15) is 19.0 Å². The van der Waals surface area contributed by atoms with Crippen molar-refractivity contribution < 1.29 is 29.1 Å². The minimum atomic E-state index is -1.39. The fraction of sp³-hybridized carbons (Fsp3) is 0.375. The summed E-state index contributed by atoms with van der Waals surface area (Å²) in [4.78, 5) is 57.7. The second-order valence-electron chi connectivity index (χ2n) is 6.22. The molecule has 0 unspecified atom stereocenters. The Bertz CT molecular complexity index is 953. The van der Waals surface area contributed by atoms with Crippen LogP contribution in [0.4, 0.5) is 5.13 Å². The fourth-order valence-corrected chi connectivity index (χ4v) is 3.72. The lowest BCUT2D eigenvalue weighted by Gasteiger charge is -2.33. The molecule has 3 heterocycles. The Labute approximate surface area is 168 Å². The number of thiazole rings is 1. The lowest BCUT2D eigenvalue weighted by Crippen LogP contribution is -2.47. The Balaban J connectivity index is 1.84. The summed E-state index contributed by atoms with van der Waals surface area (Å²) in [5, 5.41) is 19.9. The number of carbonyl (C=O) groups is 4. The molecule has 0 radical (unpaired) electrons. The molecule has 1 atom stereocenters. The number of carboxylic acid groups (broad SMARTS) is 1. The van der Waals surface area contributed by atoms with Crippen LogP contribution in [0.3, 0.4) is 0 Å². The van der Waals surface area contributed by atoms with Gasteiger partial charge in [-0.3, -0.25) is 14.4 Å². The molecule has 0 saturated carbocycles. The van der Waals surface area contributed by atoms with E-state index >= 15 is 0 Å². The van der Waals surface area contributed by atoms with Crippen molar-refractivity contribution in [2.45, 2.75) is 19.4 Å². The molecule has 1 aromatic rings. The van der Waals surface area contributed by atoms with Crippen LogP contribution in [0.15, 0.2) is 21.8 Å². The molecule has 1 aromatic heterocycles. The molecule has 0 aliphatic carbocycles. The van der Waals surface area contributed by atoms with Crippen LogP contribution in [-0.4, -0.2) is 75.6 Å². The van der Waals surface area contributed by atoms with Gasteiger partial charge >= 0.3 is 5.97 Å². The Hall–Kier alpha value is -3.32. The Kier molecular flexibility index (Phi) is 5.61. The number of ketones is 1. The first-order valence-corrected chi connectivity index (χ1v) is 9.32. The van der Waals surface area contributed by atoms with Gasteiger partial charge in [-0.25, -0.2) is 19.8 Å². The number of carboxylic acids is 1. The first kappa shape index (κ1) is 20.4.